The molecule has 29 heavy (non-hydrogen) atoms. The minimum absolute atomic E-state index is 0.0277. The average molecular weight is 427 g/mol. The van der Waals surface area contributed by atoms with Crippen molar-refractivity contribution in [2.24, 2.45) is 0 Å². The Hall–Kier alpha value is -2.95. The van der Waals surface area contributed by atoms with Gasteiger partial charge in [-0.3, -0.25) is 14.6 Å². The molecule has 0 spiro atoms. The van der Waals surface area contributed by atoms with E-state index in [1.54, 1.807) is 12.4 Å². The molecule has 7 nitrogen and oxygen atoms in total. The molecular formula is C18H16F3N3O4S. The van der Waals surface area contributed by atoms with Gasteiger partial charge < -0.3 is 14.9 Å². The van der Waals surface area contributed by atoms with E-state index in [-0.39, 0.29) is 23.9 Å². The molecule has 0 unspecified atom stereocenters. The summed E-state index contributed by atoms with van der Waals surface area (Å²) in [7, 11) is 0. The zero-order chi connectivity index (χ0) is 21.2. The van der Waals surface area contributed by atoms with Crippen molar-refractivity contribution in [1.29, 1.82) is 0 Å². The zero-order valence-corrected chi connectivity index (χ0v) is 15.7. The highest BCUT2D eigenvalue weighted by Crippen LogP contribution is 2.36. The standard InChI is InChI=1S/C16H15N3O2S.C2HF3O2/c20-15-8-14-13(19(15)12-2-1-5-17-9-12)3-6-18(14)16(21)11-4-7-22-10-11;3-2(4,5)1(6)7/h1-2,4-5,7,9-10,13-14H,3,6,8H2;(H,6,7)/t13-,14+;/m0./s1. The number of halogens is 3. The van der Waals surface area contributed by atoms with E-state index in [1.165, 1.54) is 11.3 Å². The molecule has 0 aliphatic carbocycles. The van der Waals surface area contributed by atoms with Crippen molar-refractivity contribution in [1.82, 2.24) is 9.88 Å². The highest BCUT2D eigenvalue weighted by atomic mass is 32.1. The van der Waals surface area contributed by atoms with E-state index in [4.69, 9.17) is 9.90 Å². The fraction of sp³-hybridized carbons (Fsp3) is 0.333. The molecule has 2 aromatic rings. The van der Waals surface area contributed by atoms with E-state index in [9.17, 15) is 22.8 Å². The van der Waals surface area contributed by atoms with Crippen molar-refractivity contribution in [3.05, 3.63) is 46.9 Å². The maximum Gasteiger partial charge on any atom is 0.490 e. The first kappa shape index (κ1) is 20.8. The summed E-state index contributed by atoms with van der Waals surface area (Å²) in [5, 5.41) is 10.9. The molecule has 4 rings (SSSR count). The minimum Gasteiger partial charge on any atom is -0.475 e. The fourth-order valence-electron chi connectivity index (χ4n) is 3.48. The van der Waals surface area contributed by atoms with Gasteiger partial charge in [0.25, 0.3) is 5.91 Å². The summed E-state index contributed by atoms with van der Waals surface area (Å²) >= 11 is 1.52. The molecule has 0 saturated carbocycles. The number of amides is 2. The molecule has 2 fully saturated rings. The number of aromatic nitrogens is 1. The smallest absolute Gasteiger partial charge is 0.475 e. The maximum absolute atomic E-state index is 12.6. The molecule has 11 heteroatoms. The van der Waals surface area contributed by atoms with Gasteiger partial charge in [-0.2, -0.15) is 24.5 Å². The number of aliphatic carboxylic acids is 1. The highest BCUT2D eigenvalue weighted by Gasteiger charge is 2.49. The van der Waals surface area contributed by atoms with Crippen LogP contribution in [-0.4, -0.2) is 57.6 Å². The third-order valence-electron chi connectivity index (χ3n) is 4.69. The minimum atomic E-state index is -5.08. The summed E-state index contributed by atoms with van der Waals surface area (Å²) in [6.07, 6.45) is -0.456. The van der Waals surface area contributed by atoms with Crippen molar-refractivity contribution in [2.75, 3.05) is 11.4 Å². The highest BCUT2D eigenvalue weighted by molar-refractivity contribution is 7.08. The predicted molar refractivity (Wildman–Crippen MR) is 97.6 cm³/mol. The number of anilines is 1. The molecule has 1 N–H and O–H groups in total. The molecule has 0 aromatic carbocycles. The van der Waals surface area contributed by atoms with Crippen LogP contribution in [0.25, 0.3) is 0 Å². The van der Waals surface area contributed by atoms with E-state index in [1.807, 2.05) is 38.8 Å². The van der Waals surface area contributed by atoms with Crippen LogP contribution in [-0.2, 0) is 9.59 Å². The van der Waals surface area contributed by atoms with E-state index in [0.29, 0.717) is 13.0 Å². The number of hydrogen-bond donors (Lipinski definition) is 1. The van der Waals surface area contributed by atoms with Crippen molar-refractivity contribution < 1.29 is 32.7 Å². The number of alkyl halides is 3. The first-order chi connectivity index (χ1) is 13.7. The molecule has 2 atom stereocenters. The normalized spacial score (nSPS) is 20.9. The number of carboxylic acid groups (broad SMARTS) is 1. The molecule has 4 heterocycles. The lowest BCUT2D eigenvalue weighted by atomic mass is 10.1. The molecular weight excluding hydrogens is 411 g/mol. The molecule has 2 saturated heterocycles. The van der Waals surface area contributed by atoms with Crippen LogP contribution < -0.4 is 4.90 Å². The summed E-state index contributed by atoms with van der Waals surface area (Å²) < 4.78 is 31.7. The van der Waals surface area contributed by atoms with Gasteiger partial charge in [-0.1, -0.05) is 0 Å². The molecule has 154 valence electrons. The van der Waals surface area contributed by atoms with Gasteiger partial charge in [0.1, 0.15) is 0 Å². The monoisotopic (exact) mass is 427 g/mol. The van der Waals surface area contributed by atoms with Gasteiger partial charge in [0, 0.05) is 24.5 Å². The van der Waals surface area contributed by atoms with Gasteiger partial charge >= 0.3 is 12.1 Å². The first-order valence-corrected chi connectivity index (χ1v) is 9.50. The number of carboxylic acids is 1. The average Bonchev–Trinajstić information content (AvgIpc) is 3.38. The van der Waals surface area contributed by atoms with Gasteiger partial charge in [-0.05, 0) is 30.0 Å². The Morgan fingerprint density at radius 1 is 1.24 bits per heavy atom. The number of hydrogen-bond acceptors (Lipinski definition) is 5. The lowest BCUT2D eigenvalue weighted by molar-refractivity contribution is -0.192. The number of carbonyl (C=O) groups excluding carboxylic acids is 2. The van der Waals surface area contributed by atoms with Crippen LogP contribution in [0, 0.1) is 0 Å². The number of nitrogens with zero attached hydrogens (tertiary/aromatic N) is 3. The predicted octanol–water partition coefficient (Wildman–Crippen LogP) is 2.80. The van der Waals surface area contributed by atoms with Crippen LogP contribution in [0.3, 0.4) is 0 Å². The number of carbonyl (C=O) groups is 3. The summed E-state index contributed by atoms with van der Waals surface area (Å²) in [5.74, 6) is -2.65. The van der Waals surface area contributed by atoms with E-state index in [0.717, 1.165) is 17.7 Å². The van der Waals surface area contributed by atoms with Crippen LogP contribution >= 0.6 is 11.3 Å². The number of pyridine rings is 1. The summed E-state index contributed by atoms with van der Waals surface area (Å²) in [6.45, 7) is 0.702. The molecule has 0 radical (unpaired) electrons. The molecule has 2 aromatic heterocycles. The van der Waals surface area contributed by atoms with Crippen molar-refractivity contribution in [3.63, 3.8) is 0 Å². The van der Waals surface area contributed by atoms with Gasteiger partial charge in [0.2, 0.25) is 5.91 Å². The summed E-state index contributed by atoms with van der Waals surface area (Å²) in [5.41, 5.74) is 1.54. The van der Waals surface area contributed by atoms with Crippen LogP contribution in [0.1, 0.15) is 23.2 Å². The first-order valence-electron chi connectivity index (χ1n) is 8.55. The van der Waals surface area contributed by atoms with E-state index < -0.39 is 12.1 Å². The fourth-order valence-corrected chi connectivity index (χ4v) is 4.11. The zero-order valence-electron chi connectivity index (χ0n) is 14.9. The topological polar surface area (TPSA) is 90.8 Å². The number of likely N-dealkylation sites (tertiary alicyclic amines) is 1. The molecule has 0 bridgehead atoms. The largest absolute Gasteiger partial charge is 0.490 e. The Balaban J connectivity index is 0.000000298. The van der Waals surface area contributed by atoms with Crippen LogP contribution in [0.5, 0.6) is 0 Å². The summed E-state index contributed by atoms with van der Waals surface area (Å²) in [6, 6.07) is 5.62. The van der Waals surface area contributed by atoms with Gasteiger partial charge in [0.15, 0.2) is 0 Å². The Morgan fingerprint density at radius 3 is 2.52 bits per heavy atom. The third-order valence-corrected chi connectivity index (χ3v) is 5.37. The molecule has 2 aliphatic heterocycles. The number of fused-ring (bicyclic) bond motifs is 1. The Bertz CT molecular complexity index is 890. The third kappa shape index (κ3) is 4.39. The van der Waals surface area contributed by atoms with Crippen molar-refractivity contribution in [3.8, 4) is 0 Å². The quantitative estimate of drug-likeness (QED) is 0.796. The second-order valence-electron chi connectivity index (χ2n) is 6.42. The Morgan fingerprint density at radius 2 is 1.97 bits per heavy atom. The van der Waals surface area contributed by atoms with Crippen LogP contribution in [0.15, 0.2) is 41.4 Å². The van der Waals surface area contributed by atoms with Gasteiger partial charge in [-0.15, -0.1) is 0 Å². The maximum atomic E-state index is 12.6. The van der Waals surface area contributed by atoms with E-state index >= 15 is 0 Å². The SMILES string of the molecule is O=C(O)C(F)(F)F.O=C(c1ccsc1)N1CC[C@H]2[C@H]1CC(=O)N2c1cccnc1. The van der Waals surface area contributed by atoms with Crippen molar-refractivity contribution >= 4 is 34.8 Å². The Labute approximate surface area is 167 Å². The second kappa shape index (κ2) is 8.19. The Kier molecular flexibility index (Phi) is 5.87. The van der Waals surface area contributed by atoms with Gasteiger partial charge in [0.05, 0.1) is 29.5 Å². The van der Waals surface area contributed by atoms with E-state index in [2.05, 4.69) is 4.98 Å². The number of thiophene rings is 1. The molecule has 2 amide bonds. The lowest BCUT2D eigenvalue weighted by Gasteiger charge is -2.25. The van der Waals surface area contributed by atoms with Crippen LogP contribution in [0.2, 0.25) is 0 Å². The lowest BCUT2D eigenvalue weighted by Crippen LogP contribution is -2.39. The second-order valence-corrected chi connectivity index (χ2v) is 7.20. The van der Waals surface area contributed by atoms with Crippen molar-refractivity contribution in [2.45, 2.75) is 31.1 Å². The number of rotatable bonds is 2. The van der Waals surface area contributed by atoms with Gasteiger partial charge in [-0.25, -0.2) is 4.79 Å². The molecule has 2 aliphatic rings. The summed E-state index contributed by atoms with van der Waals surface area (Å²) in [4.78, 5) is 41.7. The van der Waals surface area contributed by atoms with Crippen LogP contribution in [0.4, 0.5) is 18.9 Å².